The third-order valence-electron chi connectivity index (χ3n) is 4.04. The first-order valence-electron chi connectivity index (χ1n) is 8.09. The first-order chi connectivity index (χ1) is 12.7. The minimum absolute atomic E-state index is 0.221. The number of para-hydroxylation sites is 1. The molecular formula is C19H15FN4OS. The maximum Gasteiger partial charge on any atom is 0.214 e. The molecule has 0 radical (unpaired) electrons. The van der Waals surface area contributed by atoms with Crippen LogP contribution in [0, 0.1) is 5.82 Å². The molecular weight excluding hydrogens is 351 g/mol. The SMILES string of the molecule is O=C(/C(=C1\SCCN1c1ccccc1)n1cncn1)c1ccc(F)cc1. The monoisotopic (exact) mass is 366 g/mol. The zero-order chi connectivity index (χ0) is 17.9. The van der Waals surface area contributed by atoms with Crippen molar-refractivity contribution >= 4 is 28.9 Å². The van der Waals surface area contributed by atoms with Crippen LogP contribution in [0.25, 0.3) is 5.70 Å². The second-order valence-corrected chi connectivity index (χ2v) is 6.75. The van der Waals surface area contributed by atoms with E-state index in [1.54, 1.807) is 11.8 Å². The van der Waals surface area contributed by atoms with Gasteiger partial charge in [0.1, 0.15) is 29.2 Å². The molecule has 0 aliphatic carbocycles. The molecule has 2 heterocycles. The maximum atomic E-state index is 13.2. The number of hydrogen-bond acceptors (Lipinski definition) is 5. The van der Waals surface area contributed by atoms with E-state index < -0.39 is 0 Å². The molecule has 26 heavy (non-hydrogen) atoms. The molecule has 130 valence electrons. The van der Waals surface area contributed by atoms with Gasteiger partial charge in [-0.2, -0.15) is 5.10 Å². The fourth-order valence-electron chi connectivity index (χ4n) is 2.82. The molecule has 0 unspecified atom stereocenters. The zero-order valence-corrected chi connectivity index (χ0v) is 14.6. The van der Waals surface area contributed by atoms with Crippen LogP contribution >= 0.6 is 11.8 Å². The van der Waals surface area contributed by atoms with Gasteiger partial charge in [0.05, 0.1) is 0 Å². The fraction of sp³-hybridized carbons (Fsp3) is 0.105. The predicted octanol–water partition coefficient (Wildman–Crippen LogP) is 3.68. The quantitative estimate of drug-likeness (QED) is 0.521. The number of benzene rings is 2. The molecule has 0 saturated carbocycles. The summed E-state index contributed by atoms with van der Waals surface area (Å²) < 4.78 is 14.7. The number of thioether (sulfide) groups is 1. The van der Waals surface area contributed by atoms with Gasteiger partial charge >= 0.3 is 0 Å². The summed E-state index contributed by atoms with van der Waals surface area (Å²) >= 11 is 1.60. The van der Waals surface area contributed by atoms with Crippen molar-refractivity contribution in [1.29, 1.82) is 0 Å². The molecule has 1 aliphatic heterocycles. The van der Waals surface area contributed by atoms with Gasteiger partial charge in [-0.05, 0) is 36.4 Å². The van der Waals surface area contributed by atoms with Crippen LogP contribution in [0.15, 0.2) is 72.3 Å². The topological polar surface area (TPSA) is 51.0 Å². The van der Waals surface area contributed by atoms with Gasteiger partial charge in [-0.3, -0.25) is 4.79 Å². The summed E-state index contributed by atoms with van der Waals surface area (Å²) in [6.45, 7) is 0.791. The van der Waals surface area contributed by atoms with Gasteiger partial charge < -0.3 is 4.90 Å². The van der Waals surface area contributed by atoms with E-state index >= 15 is 0 Å². The van der Waals surface area contributed by atoms with E-state index in [0.29, 0.717) is 11.3 Å². The number of carbonyl (C=O) groups is 1. The first kappa shape index (κ1) is 16.5. The molecule has 1 aromatic heterocycles. The van der Waals surface area contributed by atoms with Crippen LogP contribution < -0.4 is 4.90 Å². The van der Waals surface area contributed by atoms with Gasteiger partial charge in [0.15, 0.2) is 0 Å². The maximum absolute atomic E-state index is 13.2. The van der Waals surface area contributed by atoms with E-state index in [2.05, 4.69) is 15.0 Å². The molecule has 1 saturated heterocycles. The molecule has 0 spiro atoms. The van der Waals surface area contributed by atoms with E-state index in [4.69, 9.17) is 0 Å². The number of aromatic nitrogens is 3. The van der Waals surface area contributed by atoms with Crippen LogP contribution in [-0.2, 0) is 0 Å². The van der Waals surface area contributed by atoms with Crippen molar-refractivity contribution in [2.45, 2.75) is 0 Å². The summed E-state index contributed by atoms with van der Waals surface area (Å²) in [5.41, 5.74) is 1.84. The molecule has 0 bridgehead atoms. The third kappa shape index (κ3) is 3.13. The van der Waals surface area contributed by atoms with Crippen LogP contribution in [-0.4, -0.2) is 32.8 Å². The second kappa shape index (κ2) is 7.13. The van der Waals surface area contributed by atoms with Crippen LogP contribution in [0.1, 0.15) is 10.4 Å². The lowest BCUT2D eigenvalue weighted by Gasteiger charge is -2.21. The first-order valence-corrected chi connectivity index (χ1v) is 9.07. The number of anilines is 1. The fourth-order valence-corrected chi connectivity index (χ4v) is 3.97. The Labute approximate surface area is 154 Å². The second-order valence-electron chi connectivity index (χ2n) is 5.67. The smallest absolute Gasteiger partial charge is 0.214 e. The number of Topliss-reactive ketones (excluding diaryl/α,β-unsaturated/α-hetero) is 1. The Morgan fingerprint density at radius 2 is 1.85 bits per heavy atom. The number of rotatable bonds is 4. The van der Waals surface area contributed by atoms with E-state index in [1.807, 2.05) is 30.3 Å². The summed E-state index contributed by atoms with van der Waals surface area (Å²) in [6, 6.07) is 15.4. The Kier molecular flexibility index (Phi) is 4.53. The van der Waals surface area contributed by atoms with Gasteiger partial charge in [-0.1, -0.05) is 18.2 Å². The van der Waals surface area contributed by atoms with Gasteiger partial charge in [0.2, 0.25) is 5.78 Å². The lowest BCUT2D eigenvalue weighted by molar-refractivity contribution is 0.104. The van der Waals surface area contributed by atoms with E-state index in [1.165, 1.54) is 41.6 Å². The Hall–Kier alpha value is -2.93. The Bertz CT molecular complexity index is 939. The number of hydrogen-bond donors (Lipinski definition) is 0. The predicted molar refractivity (Wildman–Crippen MR) is 100 cm³/mol. The van der Waals surface area contributed by atoms with Crippen molar-refractivity contribution in [3.05, 3.63) is 83.7 Å². The standard InChI is InChI=1S/C19H15FN4OS/c20-15-8-6-14(7-9-15)18(25)17(24-13-21-12-22-24)19-23(10-11-26-19)16-4-2-1-3-5-16/h1-9,12-13H,10-11H2/b19-17+. The normalized spacial score (nSPS) is 16.0. The molecule has 0 amide bonds. The average molecular weight is 366 g/mol. The van der Waals surface area contributed by atoms with Crippen molar-refractivity contribution in [3.63, 3.8) is 0 Å². The highest BCUT2D eigenvalue weighted by Gasteiger charge is 2.29. The average Bonchev–Trinajstić information content (AvgIpc) is 3.36. The van der Waals surface area contributed by atoms with Gasteiger partial charge in [-0.25, -0.2) is 14.1 Å². The number of nitrogens with zero attached hydrogens (tertiary/aromatic N) is 4. The highest BCUT2D eigenvalue weighted by Crippen LogP contribution is 2.37. The van der Waals surface area contributed by atoms with E-state index in [-0.39, 0.29) is 11.6 Å². The molecule has 1 fully saturated rings. The largest absolute Gasteiger partial charge is 0.334 e. The lowest BCUT2D eigenvalue weighted by atomic mass is 10.1. The minimum Gasteiger partial charge on any atom is -0.334 e. The highest BCUT2D eigenvalue weighted by molar-refractivity contribution is 8.03. The van der Waals surface area contributed by atoms with Crippen LogP contribution in [0.2, 0.25) is 0 Å². The number of carbonyl (C=O) groups excluding carboxylic acids is 1. The Balaban J connectivity index is 1.84. The van der Waals surface area contributed by atoms with Gasteiger partial charge in [-0.15, -0.1) is 11.8 Å². The molecule has 5 nitrogen and oxygen atoms in total. The van der Waals surface area contributed by atoms with Crippen molar-refractivity contribution in [1.82, 2.24) is 14.8 Å². The molecule has 0 atom stereocenters. The van der Waals surface area contributed by atoms with E-state index in [9.17, 15) is 9.18 Å². The van der Waals surface area contributed by atoms with Crippen molar-refractivity contribution in [2.75, 3.05) is 17.2 Å². The van der Waals surface area contributed by atoms with E-state index in [0.717, 1.165) is 23.0 Å². The summed E-state index contributed by atoms with van der Waals surface area (Å²) in [4.78, 5) is 19.3. The molecule has 1 aliphatic rings. The summed E-state index contributed by atoms with van der Waals surface area (Å²) in [7, 11) is 0. The molecule has 0 N–H and O–H groups in total. The Morgan fingerprint density at radius 3 is 2.54 bits per heavy atom. The van der Waals surface area contributed by atoms with Gasteiger partial charge in [0, 0.05) is 23.5 Å². The van der Waals surface area contributed by atoms with Crippen LogP contribution in [0.4, 0.5) is 10.1 Å². The molecule has 4 rings (SSSR count). The Morgan fingerprint density at radius 1 is 1.08 bits per heavy atom. The number of allylic oxidation sites excluding steroid dienone is 1. The van der Waals surface area contributed by atoms with Crippen LogP contribution in [0.5, 0.6) is 0 Å². The van der Waals surface area contributed by atoms with Crippen LogP contribution in [0.3, 0.4) is 0 Å². The highest BCUT2D eigenvalue weighted by atomic mass is 32.2. The third-order valence-corrected chi connectivity index (χ3v) is 5.11. The van der Waals surface area contributed by atoms with Crippen molar-refractivity contribution in [2.24, 2.45) is 0 Å². The summed E-state index contributed by atoms with van der Waals surface area (Å²) in [5.74, 6) is 0.262. The van der Waals surface area contributed by atoms with Crippen molar-refractivity contribution < 1.29 is 9.18 Å². The minimum atomic E-state index is -0.377. The molecule has 3 aromatic rings. The number of halogens is 1. The summed E-state index contributed by atoms with van der Waals surface area (Å²) in [5, 5.41) is 4.98. The summed E-state index contributed by atoms with van der Waals surface area (Å²) in [6.07, 6.45) is 2.90. The van der Waals surface area contributed by atoms with Gasteiger partial charge in [0.25, 0.3) is 0 Å². The molecule has 7 heteroatoms. The lowest BCUT2D eigenvalue weighted by Crippen LogP contribution is -2.22. The number of ketones is 1. The zero-order valence-electron chi connectivity index (χ0n) is 13.7. The van der Waals surface area contributed by atoms with Crippen molar-refractivity contribution in [3.8, 4) is 0 Å². The molecule has 2 aromatic carbocycles.